The van der Waals surface area contributed by atoms with Gasteiger partial charge in [-0.25, -0.2) is 0 Å². The Hall–Kier alpha value is -1.10. The topological polar surface area (TPSA) is 75.6 Å². The largest absolute Gasteiger partial charge is 0.481 e. The smallest absolute Gasteiger partial charge is 0.306 e. The molecule has 2 unspecified atom stereocenters. The average molecular weight is 269 g/mol. The molecule has 0 radical (unpaired) electrons. The quantitative estimate of drug-likeness (QED) is 0.815. The van der Waals surface area contributed by atoms with E-state index in [1.165, 1.54) is 0 Å². The Kier molecular flexibility index (Phi) is 4.13. The predicted octanol–water partition coefficient (Wildman–Crippen LogP) is 1.56. The second kappa shape index (κ2) is 5.49. The van der Waals surface area contributed by atoms with Crippen LogP contribution in [0.15, 0.2) is 0 Å². The first-order valence-electron chi connectivity index (χ1n) is 7.09. The summed E-state index contributed by atoms with van der Waals surface area (Å²) in [6.45, 7) is 4.68. The van der Waals surface area contributed by atoms with E-state index < -0.39 is 5.97 Å². The van der Waals surface area contributed by atoms with Gasteiger partial charge >= 0.3 is 5.97 Å². The van der Waals surface area contributed by atoms with Crippen molar-refractivity contribution in [1.29, 1.82) is 0 Å². The molecule has 0 aromatic heterocycles. The molecule has 0 aromatic rings. The van der Waals surface area contributed by atoms with E-state index in [1.54, 1.807) is 0 Å². The van der Waals surface area contributed by atoms with Crippen LogP contribution < -0.4 is 5.32 Å². The van der Waals surface area contributed by atoms with E-state index in [4.69, 9.17) is 9.84 Å². The van der Waals surface area contributed by atoms with Crippen LogP contribution >= 0.6 is 0 Å². The van der Waals surface area contributed by atoms with Gasteiger partial charge in [0, 0.05) is 12.5 Å². The summed E-state index contributed by atoms with van der Waals surface area (Å²) in [7, 11) is 0. The molecule has 0 aromatic carbocycles. The minimum atomic E-state index is -0.733. The van der Waals surface area contributed by atoms with Crippen molar-refractivity contribution in [3.63, 3.8) is 0 Å². The van der Waals surface area contributed by atoms with Crippen LogP contribution in [-0.4, -0.2) is 35.2 Å². The maximum absolute atomic E-state index is 12.3. The van der Waals surface area contributed by atoms with E-state index in [2.05, 4.69) is 5.32 Å². The molecule has 1 heterocycles. The predicted molar refractivity (Wildman–Crippen MR) is 69.7 cm³/mol. The van der Waals surface area contributed by atoms with Gasteiger partial charge in [0.2, 0.25) is 5.91 Å². The highest BCUT2D eigenvalue weighted by Gasteiger charge is 2.40. The number of carboxylic acid groups (broad SMARTS) is 1. The summed E-state index contributed by atoms with van der Waals surface area (Å²) in [5.41, 5.74) is -0.277. The van der Waals surface area contributed by atoms with Gasteiger partial charge in [0.05, 0.1) is 17.6 Å². The maximum Gasteiger partial charge on any atom is 0.306 e. The van der Waals surface area contributed by atoms with Gasteiger partial charge < -0.3 is 15.2 Å². The number of carbonyl (C=O) groups is 2. The molecule has 5 nitrogen and oxygen atoms in total. The van der Waals surface area contributed by atoms with Gasteiger partial charge in [-0.05, 0) is 46.0 Å². The van der Waals surface area contributed by atoms with Crippen LogP contribution in [0.1, 0.15) is 46.0 Å². The van der Waals surface area contributed by atoms with Crippen molar-refractivity contribution in [2.75, 3.05) is 6.61 Å². The third-order valence-corrected chi connectivity index (χ3v) is 4.74. The normalized spacial score (nSPS) is 38.9. The van der Waals surface area contributed by atoms with Crippen molar-refractivity contribution in [2.45, 2.75) is 57.6 Å². The molecule has 1 aliphatic heterocycles. The van der Waals surface area contributed by atoms with Crippen molar-refractivity contribution in [3.8, 4) is 0 Å². The molecule has 1 saturated carbocycles. The van der Waals surface area contributed by atoms with Gasteiger partial charge in [-0.3, -0.25) is 9.59 Å². The molecule has 1 aliphatic carbocycles. The first-order chi connectivity index (χ1) is 8.92. The van der Waals surface area contributed by atoms with Gasteiger partial charge in [0.15, 0.2) is 0 Å². The Balaban J connectivity index is 1.86. The summed E-state index contributed by atoms with van der Waals surface area (Å²) >= 11 is 0. The lowest BCUT2D eigenvalue weighted by Crippen LogP contribution is -2.52. The molecule has 1 saturated heterocycles. The van der Waals surface area contributed by atoms with Crippen molar-refractivity contribution >= 4 is 11.9 Å². The van der Waals surface area contributed by atoms with E-state index in [9.17, 15) is 9.59 Å². The Morgan fingerprint density at radius 2 is 1.79 bits per heavy atom. The molecule has 0 spiro atoms. The molecule has 0 bridgehead atoms. The molecular formula is C14H23NO4. The Morgan fingerprint density at radius 3 is 2.26 bits per heavy atom. The van der Waals surface area contributed by atoms with Crippen molar-refractivity contribution in [1.82, 2.24) is 5.32 Å². The molecule has 5 heteroatoms. The van der Waals surface area contributed by atoms with E-state index in [1.807, 2.05) is 13.8 Å². The fourth-order valence-electron chi connectivity index (χ4n) is 2.99. The molecule has 2 fully saturated rings. The highest BCUT2D eigenvalue weighted by Crippen LogP contribution is 2.31. The number of hydrogen-bond donors (Lipinski definition) is 2. The highest BCUT2D eigenvalue weighted by molar-refractivity contribution is 5.80. The highest BCUT2D eigenvalue weighted by atomic mass is 16.5. The zero-order valence-electron chi connectivity index (χ0n) is 11.6. The number of nitrogens with one attached hydrogen (secondary N) is 1. The SMILES string of the molecule is CC1OCCC1(C)NC(=O)C1CCC(C(=O)O)CC1. The van der Waals surface area contributed by atoms with Gasteiger partial charge in [0.25, 0.3) is 0 Å². The van der Waals surface area contributed by atoms with Crippen LogP contribution in [0.25, 0.3) is 0 Å². The van der Waals surface area contributed by atoms with E-state index in [0.717, 1.165) is 6.42 Å². The summed E-state index contributed by atoms with van der Waals surface area (Å²) in [5, 5.41) is 12.1. The van der Waals surface area contributed by atoms with Crippen molar-refractivity contribution < 1.29 is 19.4 Å². The molecule has 2 rings (SSSR count). The van der Waals surface area contributed by atoms with E-state index in [-0.39, 0.29) is 29.4 Å². The number of rotatable bonds is 3. The molecule has 1 amide bonds. The summed E-state index contributed by atoms with van der Waals surface area (Å²) < 4.78 is 5.51. The van der Waals surface area contributed by atoms with Gasteiger partial charge in [0.1, 0.15) is 0 Å². The number of hydrogen-bond acceptors (Lipinski definition) is 3. The van der Waals surface area contributed by atoms with Gasteiger partial charge in [-0.2, -0.15) is 0 Å². The molecule has 2 aliphatic rings. The minimum absolute atomic E-state index is 0.0341. The number of amides is 1. The maximum atomic E-state index is 12.3. The summed E-state index contributed by atoms with van der Waals surface area (Å²) in [6, 6.07) is 0. The lowest BCUT2D eigenvalue weighted by Gasteiger charge is -2.32. The molecule has 19 heavy (non-hydrogen) atoms. The number of carboxylic acids is 1. The Labute approximate surface area is 113 Å². The second-order valence-electron chi connectivity index (χ2n) is 6.06. The van der Waals surface area contributed by atoms with Crippen LogP contribution in [0.3, 0.4) is 0 Å². The summed E-state index contributed by atoms with van der Waals surface area (Å²) in [4.78, 5) is 23.2. The lowest BCUT2D eigenvalue weighted by molar-refractivity contribution is -0.144. The second-order valence-corrected chi connectivity index (χ2v) is 6.06. The number of aliphatic carboxylic acids is 1. The monoisotopic (exact) mass is 269 g/mol. The van der Waals surface area contributed by atoms with Gasteiger partial charge in [-0.1, -0.05) is 0 Å². The molecule has 108 valence electrons. The summed E-state index contributed by atoms with van der Waals surface area (Å²) in [6.07, 6.45) is 3.44. The van der Waals surface area contributed by atoms with Gasteiger partial charge in [-0.15, -0.1) is 0 Å². The molecule has 2 N–H and O–H groups in total. The molecular weight excluding hydrogens is 246 g/mol. The van der Waals surface area contributed by atoms with Crippen molar-refractivity contribution in [2.24, 2.45) is 11.8 Å². The van der Waals surface area contributed by atoms with E-state index >= 15 is 0 Å². The van der Waals surface area contributed by atoms with E-state index in [0.29, 0.717) is 32.3 Å². The van der Waals surface area contributed by atoms with Crippen molar-refractivity contribution in [3.05, 3.63) is 0 Å². The van der Waals surface area contributed by atoms with Crippen LogP contribution in [0, 0.1) is 11.8 Å². The zero-order valence-corrected chi connectivity index (χ0v) is 11.6. The van der Waals surface area contributed by atoms with Crippen LogP contribution in [-0.2, 0) is 14.3 Å². The van der Waals surface area contributed by atoms with Crippen LogP contribution in [0.2, 0.25) is 0 Å². The molecule has 2 atom stereocenters. The Bertz CT molecular complexity index is 362. The standard InChI is InChI=1S/C14H23NO4/c1-9-14(2,7-8-19-9)15-12(16)10-3-5-11(6-4-10)13(17)18/h9-11H,3-8H2,1-2H3,(H,15,16)(H,17,18). The number of ether oxygens (including phenoxy) is 1. The average Bonchev–Trinajstić information content (AvgIpc) is 2.69. The van der Waals surface area contributed by atoms with Crippen LogP contribution in [0.5, 0.6) is 0 Å². The minimum Gasteiger partial charge on any atom is -0.481 e. The third-order valence-electron chi connectivity index (χ3n) is 4.74. The fraction of sp³-hybridized carbons (Fsp3) is 0.857. The first kappa shape index (κ1) is 14.3. The lowest BCUT2D eigenvalue weighted by atomic mass is 9.81. The first-order valence-corrected chi connectivity index (χ1v) is 7.09. The van der Waals surface area contributed by atoms with Crippen LogP contribution in [0.4, 0.5) is 0 Å². The number of carbonyl (C=O) groups excluding carboxylic acids is 1. The Morgan fingerprint density at radius 1 is 1.21 bits per heavy atom. The fourth-order valence-corrected chi connectivity index (χ4v) is 2.99. The summed E-state index contributed by atoms with van der Waals surface area (Å²) in [5.74, 6) is -0.985. The zero-order chi connectivity index (χ0) is 14.0. The third kappa shape index (κ3) is 3.08.